The summed E-state index contributed by atoms with van der Waals surface area (Å²) >= 11 is 0. The second kappa shape index (κ2) is 6.39. The predicted octanol–water partition coefficient (Wildman–Crippen LogP) is 2.99. The summed E-state index contributed by atoms with van der Waals surface area (Å²) in [6, 6.07) is 7.96. The van der Waals surface area contributed by atoms with Crippen LogP contribution in [0.15, 0.2) is 42.7 Å². The maximum atomic E-state index is 14.1. The van der Waals surface area contributed by atoms with Gasteiger partial charge in [0.1, 0.15) is 5.82 Å². The van der Waals surface area contributed by atoms with E-state index in [1.165, 1.54) is 6.07 Å². The molecule has 3 rings (SSSR count). The van der Waals surface area contributed by atoms with Gasteiger partial charge >= 0.3 is 6.03 Å². The van der Waals surface area contributed by atoms with E-state index in [-0.39, 0.29) is 11.7 Å². The molecule has 1 atom stereocenters. The van der Waals surface area contributed by atoms with E-state index < -0.39 is 21.4 Å². The molecule has 2 amide bonds. The number of nitrogens with one attached hydrogen (secondary N) is 1. The first-order valence-corrected chi connectivity index (χ1v) is 9.06. The van der Waals surface area contributed by atoms with Crippen LogP contribution in [-0.2, 0) is 10.8 Å². The highest BCUT2D eigenvalue weighted by Gasteiger charge is 2.35. The third-order valence-corrected chi connectivity index (χ3v) is 6.03. The molecule has 1 aromatic heterocycles. The number of hydrogen-bond donors (Lipinski definition) is 1. The molecule has 24 heavy (non-hydrogen) atoms. The number of urea groups is 1. The summed E-state index contributed by atoms with van der Waals surface area (Å²) in [5, 5.41) is 2.63. The number of carbonyl (C=O) groups excluding carboxylic acids is 1. The number of anilines is 1. The first-order chi connectivity index (χ1) is 11.4. The number of halogens is 1. The summed E-state index contributed by atoms with van der Waals surface area (Å²) in [5.74, 6) is -0.0501. The Morgan fingerprint density at radius 1 is 1.29 bits per heavy atom. The third kappa shape index (κ3) is 3.36. The Kier molecular flexibility index (Phi) is 4.45. The van der Waals surface area contributed by atoms with E-state index in [0.29, 0.717) is 18.8 Å². The third-order valence-electron chi connectivity index (χ3n) is 4.12. The molecule has 1 aromatic carbocycles. The zero-order valence-corrected chi connectivity index (χ0v) is 14.5. The van der Waals surface area contributed by atoms with Crippen molar-refractivity contribution in [1.29, 1.82) is 0 Å². The van der Waals surface area contributed by atoms with Gasteiger partial charge in [-0.15, -0.1) is 0 Å². The molecule has 1 saturated heterocycles. The van der Waals surface area contributed by atoms with Gasteiger partial charge in [0.25, 0.3) is 0 Å². The minimum absolute atomic E-state index is 0.135. The summed E-state index contributed by atoms with van der Waals surface area (Å²) in [7, 11) is -0.962. The number of benzene rings is 1. The Bertz CT molecular complexity index is 774. The molecule has 2 heterocycles. The van der Waals surface area contributed by atoms with Crippen molar-refractivity contribution < 1.29 is 13.4 Å². The highest BCUT2D eigenvalue weighted by molar-refractivity contribution is 7.86. The Hall–Kier alpha value is -2.15. The minimum atomic E-state index is -0.962. The molecule has 0 unspecified atom stereocenters. The fourth-order valence-corrected chi connectivity index (χ4v) is 3.96. The van der Waals surface area contributed by atoms with E-state index in [0.717, 1.165) is 5.69 Å². The van der Waals surface area contributed by atoms with Gasteiger partial charge in [-0.05, 0) is 44.2 Å². The van der Waals surface area contributed by atoms with Crippen LogP contribution < -0.4 is 5.32 Å². The molecule has 0 aliphatic carbocycles. The highest BCUT2D eigenvalue weighted by atomic mass is 32.2. The fraction of sp³-hybridized carbons (Fsp3) is 0.353. The molecule has 2 aromatic rings. The van der Waals surface area contributed by atoms with Crippen molar-refractivity contribution in [2.75, 3.05) is 24.2 Å². The molecule has 0 saturated carbocycles. The van der Waals surface area contributed by atoms with E-state index in [1.54, 1.807) is 17.0 Å². The fourth-order valence-electron chi connectivity index (χ4n) is 2.72. The standard InChI is InChI=1S/C17H20FN3O2S/c1-17(2)12-21(9-10-24(17)23)16(22)19-15-11-13(5-6-14(15)18)20-7-3-4-8-20/h3-8,11H,9-10,12H2,1-2H3,(H,19,22)/t24-/m0/s1. The van der Waals surface area contributed by atoms with E-state index in [2.05, 4.69) is 5.32 Å². The quantitative estimate of drug-likeness (QED) is 0.906. The summed E-state index contributed by atoms with van der Waals surface area (Å²) < 4.78 is 27.4. The van der Waals surface area contributed by atoms with Gasteiger partial charge in [-0.2, -0.15) is 0 Å². The van der Waals surface area contributed by atoms with Gasteiger partial charge in [0.15, 0.2) is 0 Å². The van der Waals surface area contributed by atoms with E-state index in [9.17, 15) is 13.4 Å². The average molecular weight is 349 g/mol. The number of hydrogen-bond acceptors (Lipinski definition) is 2. The molecule has 1 fully saturated rings. The molecule has 1 aliphatic heterocycles. The molecule has 0 radical (unpaired) electrons. The molecule has 5 nitrogen and oxygen atoms in total. The van der Waals surface area contributed by atoms with Gasteiger partial charge in [0.2, 0.25) is 0 Å². The number of amides is 2. The Labute approximate surface area is 142 Å². The van der Waals surface area contributed by atoms with Gasteiger partial charge in [-0.3, -0.25) is 4.21 Å². The van der Waals surface area contributed by atoms with Gasteiger partial charge in [-0.1, -0.05) is 0 Å². The second-order valence-corrected chi connectivity index (χ2v) is 8.62. The number of aromatic nitrogens is 1. The van der Waals surface area contributed by atoms with Crippen LogP contribution >= 0.6 is 0 Å². The Morgan fingerprint density at radius 2 is 2.00 bits per heavy atom. The maximum absolute atomic E-state index is 14.1. The lowest BCUT2D eigenvalue weighted by atomic mass is 10.2. The molecular weight excluding hydrogens is 329 g/mol. The average Bonchev–Trinajstić information content (AvgIpc) is 3.06. The monoisotopic (exact) mass is 349 g/mol. The first kappa shape index (κ1) is 16.7. The van der Waals surface area contributed by atoms with Crippen LogP contribution in [0.1, 0.15) is 13.8 Å². The lowest BCUT2D eigenvalue weighted by Crippen LogP contribution is -2.53. The minimum Gasteiger partial charge on any atom is -0.324 e. The van der Waals surface area contributed by atoms with Crippen molar-refractivity contribution in [1.82, 2.24) is 9.47 Å². The van der Waals surface area contributed by atoms with Crippen molar-refractivity contribution in [3.63, 3.8) is 0 Å². The van der Waals surface area contributed by atoms with Crippen molar-refractivity contribution in [2.45, 2.75) is 18.6 Å². The summed E-state index contributed by atoms with van der Waals surface area (Å²) in [5.41, 5.74) is 0.896. The lowest BCUT2D eigenvalue weighted by Gasteiger charge is -2.37. The zero-order chi connectivity index (χ0) is 17.3. The normalized spacial score (nSPS) is 20.0. The van der Waals surface area contributed by atoms with E-state index in [4.69, 9.17) is 0 Å². The second-order valence-electron chi connectivity index (χ2n) is 6.42. The SMILES string of the molecule is CC1(C)CN(C(=O)Nc2cc(-n3cccc3)ccc2F)CC[S@@]1=O. The summed E-state index contributed by atoms with van der Waals surface area (Å²) in [6.45, 7) is 4.52. The van der Waals surface area contributed by atoms with Crippen molar-refractivity contribution in [3.8, 4) is 5.69 Å². The van der Waals surface area contributed by atoms with E-state index in [1.807, 2.05) is 42.9 Å². The van der Waals surface area contributed by atoms with Crippen LogP contribution in [0, 0.1) is 5.82 Å². The zero-order valence-electron chi connectivity index (χ0n) is 13.7. The molecule has 1 N–H and O–H groups in total. The van der Waals surface area contributed by atoms with Crippen LogP contribution in [0.4, 0.5) is 14.9 Å². The van der Waals surface area contributed by atoms with Gasteiger partial charge < -0.3 is 14.8 Å². The molecular formula is C17H20FN3O2S. The smallest absolute Gasteiger partial charge is 0.322 e. The first-order valence-electron chi connectivity index (χ1n) is 7.74. The maximum Gasteiger partial charge on any atom is 0.322 e. The molecule has 1 aliphatic rings. The van der Waals surface area contributed by atoms with Crippen LogP contribution in [0.2, 0.25) is 0 Å². The van der Waals surface area contributed by atoms with Crippen LogP contribution in [0.3, 0.4) is 0 Å². The summed E-state index contributed by atoms with van der Waals surface area (Å²) in [4.78, 5) is 14.0. The highest BCUT2D eigenvalue weighted by Crippen LogP contribution is 2.23. The number of carbonyl (C=O) groups is 1. The van der Waals surface area contributed by atoms with E-state index >= 15 is 0 Å². The molecule has 7 heteroatoms. The Morgan fingerprint density at radius 3 is 2.67 bits per heavy atom. The number of nitrogens with zero attached hydrogens (tertiary/aromatic N) is 2. The molecule has 0 bridgehead atoms. The topological polar surface area (TPSA) is 54.3 Å². The van der Waals surface area contributed by atoms with Gasteiger partial charge in [0.05, 0.1) is 10.4 Å². The largest absolute Gasteiger partial charge is 0.324 e. The lowest BCUT2D eigenvalue weighted by molar-refractivity contribution is 0.207. The Balaban J connectivity index is 1.77. The van der Waals surface area contributed by atoms with Crippen molar-refractivity contribution >= 4 is 22.5 Å². The van der Waals surface area contributed by atoms with Crippen LogP contribution in [-0.4, -0.2) is 43.3 Å². The van der Waals surface area contributed by atoms with Crippen LogP contribution in [0.25, 0.3) is 5.69 Å². The molecule has 0 spiro atoms. The predicted molar refractivity (Wildman–Crippen MR) is 93.4 cm³/mol. The molecule has 128 valence electrons. The van der Waals surface area contributed by atoms with Gasteiger partial charge in [0, 0.05) is 47.7 Å². The van der Waals surface area contributed by atoms with Crippen LogP contribution in [0.5, 0.6) is 0 Å². The van der Waals surface area contributed by atoms with Crippen molar-refractivity contribution in [3.05, 3.63) is 48.5 Å². The van der Waals surface area contributed by atoms with Crippen molar-refractivity contribution in [2.24, 2.45) is 0 Å². The summed E-state index contributed by atoms with van der Waals surface area (Å²) in [6.07, 6.45) is 3.70. The number of rotatable bonds is 2. The van der Waals surface area contributed by atoms with Gasteiger partial charge in [-0.25, -0.2) is 9.18 Å².